The van der Waals surface area contributed by atoms with Gasteiger partial charge < -0.3 is 9.55 Å². The Morgan fingerprint density at radius 1 is 0.667 bits per heavy atom. The second kappa shape index (κ2) is 7.96. The minimum atomic E-state index is -0.201. The van der Waals surface area contributed by atoms with E-state index in [4.69, 9.17) is 0 Å². The molecular weight excluding hydrogens is 443 g/mol. The highest BCUT2D eigenvalue weighted by Crippen LogP contribution is 2.57. The highest BCUT2D eigenvalue weighted by molar-refractivity contribution is 5.88. The van der Waals surface area contributed by atoms with Crippen LogP contribution in [0.3, 0.4) is 0 Å². The Kier molecular flexibility index (Phi) is 4.69. The van der Waals surface area contributed by atoms with Gasteiger partial charge in [-0.3, -0.25) is 0 Å². The first-order valence-electron chi connectivity index (χ1n) is 12.6. The lowest BCUT2D eigenvalue weighted by molar-refractivity contribution is 0.519. The molecule has 36 heavy (non-hydrogen) atoms. The second-order valence-electron chi connectivity index (χ2n) is 10.0. The molecule has 3 atom stereocenters. The van der Waals surface area contributed by atoms with E-state index in [1.165, 1.54) is 44.4 Å². The number of nitrogens with one attached hydrogen (secondary N) is 1. The Bertz CT molecular complexity index is 1720. The number of hydrogen-bond donors (Lipinski definition) is 1. The van der Waals surface area contributed by atoms with Crippen molar-refractivity contribution in [2.75, 3.05) is 0 Å². The fourth-order valence-corrected chi connectivity index (χ4v) is 6.64. The van der Waals surface area contributed by atoms with Crippen LogP contribution in [-0.4, -0.2) is 9.55 Å². The summed E-state index contributed by atoms with van der Waals surface area (Å²) in [6, 6.07) is 35.3. The SMILES string of the molecule is Cc1c([C@H]2[C@H](c3ccccc3)[C@@H](c3ccc(F)cc3)c3c(C)c4ccccc4n32)[nH]c2ccccc12. The van der Waals surface area contributed by atoms with E-state index >= 15 is 0 Å². The summed E-state index contributed by atoms with van der Waals surface area (Å²) in [6.45, 7) is 4.48. The molecule has 7 rings (SSSR count). The molecule has 0 saturated carbocycles. The lowest BCUT2D eigenvalue weighted by Gasteiger charge is -2.27. The van der Waals surface area contributed by atoms with Gasteiger partial charge in [-0.05, 0) is 60.4 Å². The van der Waals surface area contributed by atoms with Gasteiger partial charge in [0.25, 0.3) is 0 Å². The third-order valence-electron chi connectivity index (χ3n) is 8.20. The maximum Gasteiger partial charge on any atom is 0.123 e. The van der Waals surface area contributed by atoms with E-state index in [1.54, 1.807) is 12.1 Å². The van der Waals surface area contributed by atoms with Crippen LogP contribution in [0.4, 0.5) is 4.39 Å². The molecule has 2 aromatic heterocycles. The molecule has 0 fully saturated rings. The Morgan fingerprint density at radius 3 is 2.08 bits per heavy atom. The van der Waals surface area contributed by atoms with E-state index in [2.05, 4.69) is 102 Å². The van der Waals surface area contributed by atoms with Gasteiger partial charge in [-0.25, -0.2) is 4.39 Å². The van der Waals surface area contributed by atoms with Crippen LogP contribution >= 0.6 is 0 Å². The third kappa shape index (κ3) is 2.95. The molecule has 3 heterocycles. The van der Waals surface area contributed by atoms with Gasteiger partial charge in [0, 0.05) is 45.0 Å². The second-order valence-corrected chi connectivity index (χ2v) is 10.0. The number of hydrogen-bond acceptors (Lipinski definition) is 0. The molecule has 0 saturated heterocycles. The number of para-hydroxylation sites is 2. The molecule has 1 aliphatic heterocycles. The predicted molar refractivity (Wildman–Crippen MR) is 145 cm³/mol. The average molecular weight is 471 g/mol. The standard InChI is InChI=1S/C33H27FN2/c1-20-25-12-6-8-14-27(25)35-31(20)33-30(22-10-4-3-5-11-22)29(23-16-18-24(34)19-17-23)32-21(2)26-13-7-9-15-28(26)36(32)33/h3-19,29-30,33,35H,1-2H3/t29-,30-,33-/m1/s1. The number of halogens is 1. The fraction of sp³-hybridized carbons (Fsp3) is 0.152. The molecule has 0 aliphatic carbocycles. The highest BCUT2D eigenvalue weighted by Gasteiger charge is 2.46. The van der Waals surface area contributed by atoms with E-state index in [-0.39, 0.29) is 23.7 Å². The number of aromatic amines is 1. The van der Waals surface area contributed by atoms with Crippen molar-refractivity contribution in [1.29, 1.82) is 0 Å². The maximum absolute atomic E-state index is 14.0. The molecule has 0 radical (unpaired) electrons. The van der Waals surface area contributed by atoms with Gasteiger partial charge >= 0.3 is 0 Å². The lowest BCUT2D eigenvalue weighted by Crippen LogP contribution is -2.17. The summed E-state index contributed by atoms with van der Waals surface area (Å²) in [5.74, 6) is 0.0474. The number of aryl methyl sites for hydroxylation is 2. The van der Waals surface area contributed by atoms with Crippen LogP contribution in [0.15, 0.2) is 103 Å². The van der Waals surface area contributed by atoms with Gasteiger partial charge in [0.15, 0.2) is 0 Å². The average Bonchev–Trinajstić information content (AvgIpc) is 3.53. The predicted octanol–water partition coefficient (Wildman–Crippen LogP) is 8.40. The summed E-state index contributed by atoms with van der Waals surface area (Å²) in [5.41, 5.74) is 10.0. The smallest absolute Gasteiger partial charge is 0.123 e. The van der Waals surface area contributed by atoms with Gasteiger partial charge in [-0.2, -0.15) is 0 Å². The van der Waals surface area contributed by atoms with E-state index in [1.807, 2.05) is 12.1 Å². The molecule has 2 nitrogen and oxygen atoms in total. The van der Waals surface area contributed by atoms with Crippen molar-refractivity contribution in [3.05, 3.63) is 143 Å². The van der Waals surface area contributed by atoms with Crippen molar-refractivity contribution >= 4 is 21.8 Å². The summed E-state index contributed by atoms with van der Waals surface area (Å²) in [7, 11) is 0. The van der Waals surface area contributed by atoms with E-state index in [0.717, 1.165) is 11.1 Å². The van der Waals surface area contributed by atoms with Crippen LogP contribution in [0.1, 0.15) is 51.5 Å². The van der Waals surface area contributed by atoms with E-state index in [0.29, 0.717) is 0 Å². The number of aromatic nitrogens is 2. The first-order chi connectivity index (χ1) is 17.6. The molecule has 0 unspecified atom stereocenters. The van der Waals surface area contributed by atoms with Crippen molar-refractivity contribution < 1.29 is 4.39 Å². The van der Waals surface area contributed by atoms with Gasteiger partial charge in [0.2, 0.25) is 0 Å². The Balaban J connectivity index is 1.59. The van der Waals surface area contributed by atoms with Crippen molar-refractivity contribution in [1.82, 2.24) is 9.55 Å². The zero-order chi connectivity index (χ0) is 24.4. The van der Waals surface area contributed by atoms with Crippen molar-refractivity contribution in [2.45, 2.75) is 31.7 Å². The molecule has 0 bridgehead atoms. The van der Waals surface area contributed by atoms with E-state index < -0.39 is 0 Å². The van der Waals surface area contributed by atoms with Crippen molar-refractivity contribution in [3.63, 3.8) is 0 Å². The summed E-state index contributed by atoms with van der Waals surface area (Å²) < 4.78 is 16.6. The van der Waals surface area contributed by atoms with Crippen LogP contribution < -0.4 is 0 Å². The molecule has 0 spiro atoms. The van der Waals surface area contributed by atoms with Crippen LogP contribution in [-0.2, 0) is 0 Å². The van der Waals surface area contributed by atoms with Crippen LogP contribution in [0.2, 0.25) is 0 Å². The highest BCUT2D eigenvalue weighted by atomic mass is 19.1. The summed E-state index contributed by atoms with van der Waals surface area (Å²) in [5, 5.41) is 2.55. The van der Waals surface area contributed by atoms with Gasteiger partial charge in [-0.1, -0.05) is 78.9 Å². The topological polar surface area (TPSA) is 20.7 Å². The molecule has 1 aliphatic rings. The first-order valence-corrected chi connectivity index (χ1v) is 12.6. The normalized spacial score (nSPS) is 19.2. The Morgan fingerprint density at radius 2 is 1.33 bits per heavy atom. The maximum atomic E-state index is 14.0. The summed E-state index contributed by atoms with van der Waals surface area (Å²) >= 11 is 0. The molecule has 4 aromatic carbocycles. The van der Waals surface area contributed by atoms with Gasteiger partial charge in [0.05, 0.1) is 6.04 Å². The number of rotatable bonds is 3. The third-order valence-corrected chi connectivity index (χ3v) is 8.20. The number of benzene rings is 4. The number of nitrogens with zero attached hydrogens (tertiary/aromatic N) is 1. The lowest BCUT2D eigenvalue weighted by atomic mass is 9.76. The summed E-state index contributed by atoms with van der Waals surface area (Å²) in [6.07, 6.45) is 0. The minimum Gasteiger partial charge on any atom is -0.356 e. The molecule has 3 heteroatoms. The van der Waals surface area contributed by atoms with Crippen LogP contribution in [0, 0.1) is 19.7 Å². The number of fused-ring (bicyclic) bond motifs is 4. The zero-order valence-corrected chi connectivity index (χ0v) is 20.4. The van der Waals surface area contributed by atoms with Gasteiger partial charge in [0.1, 0.15) is 5.82 Å². The zero-order valence-electron chi connectivity index (χ0n) is 20.4. The molecule has 0 amide bonds. The minimum absolute atomic E-state index is 0.0726. The monoisotopic (exact) mass is 470 g/mol. The molecule has 176 valence electrons. The fourth-order valence-electron chi connectivity index (χ4n) is 6.64. The van der Waals surface area contributed by atoms with Crippen molar-refractivity contribution in [3.8, 4) is 0 Å². The Hall–Kier alpha value is -4.11. The van der Waals surface area contributed by atoms with Crippen LogP contribution in [0.25, 0.3) is 21.8 Å². The molecule has 1 N–H and O–H groups in total. The quantitative estimate of drug-likeness (QED) is 0.268. The molecule has 6 aromatic rings. The van der Waals surface area contributed by atoms with Gasteiger partial charge in [-0.15, -0.1) is 0 Å². The number of H-pyrrole nitrogens is 1. The summed E-state index contributed by atoms with van der Waals surface area (Å²) in [4.78, 5) is 3.82. The van der Waals surface area contributed by atoms with E-state index in [9.17, 15) is 4.39 Å². The largest absolute Gasteiger partial charge is 0.356 e. The molecular formula is C33H27FN2. The van der Waals surface area contributed by atoms with Crippen molar-refractivity contribution in [2.24, 2.45) is 0 Å². The first kappa shape index (κ1) is 21.2. The van der Waals surface area contributed by atoms with Crippen LogP contribution in [0.5, 0.6) is 0 Å². The Labute approximate surface area is 210 Å².